The Bertz CT molecular complexity index is 325. The summed E-state index contributed by atoms with van der Waals surface area (Å²) in [6.07, 6.45) is 2.11. The summed E-state index contributed by atoms with van der Waals surface area (Å²) in [5, 5.41) is 19.2. The van der Waals surface area contributed by atoms with Gasteiger partial charge < -0.3 is 32.7 Å². The van der Waals surface area contributed by atoms with Gasteiger partial charge in [-0.05, 0) is 38.8 Å². The molecule has 124 valence electrons. The predicted molar refractivity (Wildman–Crippen MR) is 77.4 cm³/mol. The van der Waals surface area contributed by atoms with E-state index < -0.39 is 24.0 Å². The van der Waals surface area contributed by atoms with Crippen LogP contribution in [0.3, 0.4) is 0 Å². The van der Waals surface area contributed by atoms with Crippen LogP contribution in [0.25, 0.3) is 0 Å². The molecule has 9 nitrogen and oxygen atoms in total. The maximum atomic E-state index is 10.5. The first-order valence-corrected chi connectivity index (χ1v) is 6.64. The van der Waals surface area contributed by atoms with Crippen LogP contribution in [0.5, 0.6) is 0 Å². The van der Waals surface area contributed by atoms with E-state index in [0.717, 1.165) is 0 Å². The Hall–Kier alpha value is -1.71. The molecule has 0 rings (SSSR count). The van der Waals surface area contributed by atoms with Crippen molar-refractivity contribution in [2.75, 3.05) is 13.1 Å². The molecule has 9 N–H and O–H groups in total. The summed E-state index contributed by atoms with van der Waals surface area (Å²) in [7, 11) is 0. The third-order valence-electron chi connectivity index (χ3n) is 2.41. The van der Waals surface area contributed by atoms with Crippen LogP contribution in [0.4, 0.5) is 0 Å². The van der Waals surface area contributed by atoms with Gasteiger partial charge in [0.05, 0.1) is 0 Å². The zero-order valence-corrected chi connectivity index (χ0v) is 12.2. The molecule has 1 amide bonds. The Labute approximate surface area is 123 Å². The molecule has 0 aliphatic rings. The molecule has 0 aromatic rings. The summed E-state index contributed by atoms with van der Waals surface area (Å²) in [6, 6.07) is -1.54. The standard InChI is InChI=1S/C7H14N2O3.C5H12N2O2/c1-5(10)9-6(7(11)12)3-2-4-8;6-3-1-2-4(7)5(8)9/h6H,2-4,8H2,1H3,(H,9,10)(H,11,12);4H,1-3,6-7H2,(H,8,9)/t6-;4-/m00/s1. The quantitative estimate of drug-likeness (QED) is 0.296. The van der Waals surface area contributed by atoms with Crippen molar-refractivity contribution < 1.29 is 24.6 Å². The molecular formula is C12H26N4O5. The van der Waals surface area contributed by atoms with Crippen LogP contribution < -0.4 is 22.5 Å². The van der Waals surface area contributed by atoms with Gasteiger partial charge in [-0.15, -0.1) is 0 Å². The van der Waals surface area contributed by atoms with Crippen molar-refractivity contribution in [1.82, 2.24) is 5.32 Å². The Kier molecular flexibility index (Phi) is 13.7. The third kappa shape index (κ3) is 14.5. The molecule has 0 unspecified atom stereocenters. The van der Waals surface area contributed by atoms with Gasteiger partial charge in [0, 0.05) is 6.92 Å². The number of rotatable bonds is 9. The maximum Gasteiger partial charge on any atom is 0.326 e. The predicted octanol–water partition coefficient (Wildman–Crippen LogP) is -1.55. The minimum atomic E-state index is -1.02. The number of hydrogen-bond donors (Lipinski definition) is 6. The van der Waals surface area contributed by atoms with Gasteiger partial charge in [0.1, 0.15) is 12.1 Å². The molecule has 0 aliphatic carbocycles. The number of carbonyl (C=O) groups is 3. The van der Waals surface area contributed by atoms with Crippen LogP contribution in [0.1, 0.15) is 32.6 Å². The van der Waals surface area contributed by atoms with E-state index in [1.54, 1.807) is 0 Å². The second-order valence-electron chi connectivity index (χ2n) is 4.40. The second-order valence-corrected chi connectivity index (χ2v) is 4.40. The van der Waals surface area contributed by atoms with Gasteiger partial charge in [0.2, 0.25) is 5.91 Å². The molecule has 21 heavy (non-hydrogen) atoms. The van der Waals surface area contributed by atoms with Gasteiger partial charge in [-0.2, -0.15) is 0 Å². The number of amides is 1. The van der Waals surface area contributed by atoms with Crippen LogP contribution >= 0.6 is 0 Å². The summed E-state index contributed by atoms with van der Waals surface area (Å²) in [4.78, 5) is 31.0. The van der Waals surface area contributed by atoms with Gasteiger partial charge in [0.15, 0.2) is 0 Å². The van der Waals surface area contributed by atoms with E-state index in [-0.39, 0.29) is 5.91 Å². The molecular weight excluding hydrogens is 280 g/mol. The Balaban J connectivity index is 0. The van der Waals surface area contributed by atoms with Crippen molar-refractivity contribution in [1.29, 1.82) is 0 Å². The first-order valence-electron chi connectivity index (χ1n) is 6.64. The second kappa shape index (κ2) is 13.3. The number of carboxylic acids is 2. The molecule has 0 aliphatic heterocycles. The molecule has 0 saturated carbocycles. The van der Waals surface area contributed by atoms with Crippen LogP contribution in [0.15, 0.2) is 0 Å². The molecule has 0 spiro atoms. The highest BCUT2D eigenvalue weighted by Gasteiger charge is 2.16. The zero-order chi connectivity index (χ0) is 16.8. The summed E-state index contributed by atoms with van der Waals surface area (Å²) in [5.74, 6) is -2.30. The summed E-state index contributed by atoms with van der Waals surface area (Å²) in [6.45, 7) is 2.22. The minimum Gasteiger partial charge on any atom is -0.480 e. The molecule has 0 aromatic carbocycles. The van der Waals surface area contributed by atoms with Crippen molar-refractivity contribution in [3.8, 4) is 0 Å². The van der Waals surface area contributed by atoms with E-state index in [1.165, 1.54) is 6.92 Å². The summed E-state index contributed by atoms with van der Waals surface area (Å²) < 4.78 is 0. The fraction of sp³-hybridized carbons (Fsp3) is 0.750. The molecule has 0 fully saturated rings. The topological polar surface area (TPSA) is 182 Å². The van der Waals surface area contributed by atoms with Gasteiger partial charge >= 0.3 is 11.9 Å². The average Bonchev–Trinajstić information content (AvgIpc) is 2.40. The average molecular weight is 306 g/mol. The van der Waals surface area contributed by atoms with E-state index in [4.69, 9.17) is 27.4 Å². The highest BCUT2D eigenvalue weighted by atomic mass is 16.4. The lowest BCUT2D eigenvalue weighted by atomic mass is 10.1. The summed E-state index contributed by atoms with van der Waals surface area (Å²) >= 11 is 0. The number of hydrogen-bond acceptors (Lipinski definition) is 6. The number of aliphatic carboxylic acids is 2. The Morgan fingerprint density at radius 3 is 1.81 bits per heavy atom. The first-order chi connectivity index (χ1) is 9.76. The van der Waals surface area contributed by atoms with E-state index in [2.05, 4.69) is 5.32 Å². The largest absolute Gasteiger partial charge is 0.480 e. The number of carboxylic acid groups (broad SMARTS) is 2. The lowest BCUT2D eigenvalue weighted by Gasteiger charge is -2.11. The lowest BCUT2D eigenvalue weighted by molar-refractivity contribution is -0.141. The van der Waals surface area contributed by atoms with Gasteiger partial charge in [-0.1, -0.05) is 0 Å². The van der Waals surface area contributed by atoms with Gasteiger partial charge in [-0.25, -0.2) is 4.79 Å². The van der Waals surface area contributed by atoms with E-state index in [0.29, 0.717) is 38.8 Å². The third-order valence-corrected chi connectivity index (χ3v) is 2.41. The van der Waals surface area contributed by atoms with E-state index in [1.807, 2.05) is 0 Å². The van der Waals surface area contributed by atoms with Crippen LogP contribution in [-0.2, 0) is 14.4 Å². The minimum absolute atomic E-state index is 0.334. The van der Waals surface area contributed by atoms with Crippen LogP contribution in [0.2, 0.25) is 0 Å². The van der Waals surface area contributed by atoms with Crippen molar-refractivity contribution in [3.05, 3.63) is 0 Å². The smallest absolute Gasteiger partial charge is 0.326 e. The molecule has 0 bridgehead atoms. The summed E-state index contributed by atoms with van der Waals surface area (Å²) in [5.41, 5.74) is 15.5. The molecule has 0 heterocycles. The Morgan fingerprint density at radius 1 is 1.00 bits per heavy atom. The first kappa shape index (κ1) is 21.6. The molecule has 2 atom stereocenters. The zero-order valence-electron chi connectivity index (χ0n) is 12.2. The van der Waals surface area contributed by atoms with Crippen molar-refractivity contribution in [3.63, 3.8) is 0 Å². The van der Waals surface area contributed by atoms with Crippen LogP contribution in [0, 0.1) is 0 Å². The maximum absolute atomic E-state index is 10.5. The highest BCUT2D eigenvalue weighted by molar-refractivity contribution is 5.81. The number of carbonyl (C=O) groups excluding carboxylic acids is 1. The highest BCUT2D eigenvalue weighted by Crippen LogP contribution is 1.95. The fourth-order valence-corrected chi connectivity index (χ4v) is 1.29. The number of nitrogens with one attached hydrogen (secondary N) is 1. The molecule has 0 aromatic heterocycles. The molecule has 0 radical (unpaired) electrons. The molecule has 0 saturated heterocycles. The van der Waals surface area contributed by atoms with Crippen molar-refractivity contribution in [2.45, 2.75) is 44.7 Å². The van der Waals surface area contributed by atoms with Gasteiger partial charge in [0.25, 0.3) is 0 Å². The SMILES string of the molecule is CC(=O)N[C@@H](CCCN)C(=O)O.NCCC[C@H](N)C(=O)O. The van der Waals surface area contributed by atoms with Crippen molar-refractivity contribution in [2.24, 2.45) is 17.2 Å². The van der Waals surface area contributed by atoms with Gasteiger partial charge in [-0.3, -0.25) is 9.59 Å². The normalized spacial score (nSPS) is 12.6. The lowest BCUT2D eigenvalue weighted by Crippen LogP contribution is -2.39. The van der Waals surface area contributed by atoms with E-state index in [9.17, 15) is 14.4 Å². The van der Waals surface area contributed by atoms with Crippen molar-refractivity contribution >= 4 is 17.8 Å². The monoisotopic (exact) mass is 306 g/mol. The number of nitrogens with two attached hydrogens (primary N) is 3. The fourth-order valence-electron chi connectivity index (χ4n) is 1.29. The Morgan fingerprint density at radius 2 is 1.48 bits per heavy atom. The molecule has 9 heteroatoms. The van der Waals surface area contributed by atoms with E-state index >= 15 is 0 Å². The van der Waals surface area contributed by atoms with Crippen LogP contribution in [-0.4, -0.2) is 53.2 Å².